The Hall–Kier alpha value is -2.71. The highest BCUT2D eigenvalue weighted by molar-refractivity contribution is 5.95. The smallest absolute Gasteiger partial charge is 0.417 e. The molecule has 0 radical (unpaired) electrons. The molecule has 0 unspecified atom stereocenters. The predicted octanol–water partition coefficient (Wildman–Crippen LogP) is 3.36. The van der Waals surface area contributed by atoms with Crippen molar-refractivity contribution in [3.63, 3.8) is 0 Å². The first-order chi connectivity index (χ1) is 14.6. The molecule has 170 valence electrons. The lowest BCUT2D eigenvalue weighted by atomic mass is 10.1. The van der Waals surface area contributed by atoms with Crippen LogP contribution >= 0.6 is 0 Å². The highest BCUT2D eigenvalue weighted by Gasteiger charge is 2.32. The number of rotatable bonds is 9. The zero-order valence-electron chi connectivity index (χ0n) is 19.3. The second kappa shape index (κ2) is 11.1. The Bertz CT molecular complexity index is 858. The SMILES string of the molecule is CO[C@@H](C(=O)N(CCCNCc1cc(C)nn1C)C(=O)OC(C)(C)C)c1ccccc1. The molecule has 0 spiro atoms. The molecule has 0 aliphatic heterocycles. The van der Waals surface area contributed by atoms with Gasteiger partial charge < -0.3 is 14.8 Å². The summed E-state index contributed by atoms with van der Waals surface area (Å²) in [7, 11) is 3.36. The minimum atomic E-state index is -0.876. The summed E-state index contributed by atoms with van der Waals surface area (Å²) in [5.74, 6) is -0.440. The lowest BCUT2D eigenvalue weighted by molar-refractivity contribution is -0.141. The zero-order valence-corrected chi connectivity index (χ0v) is 19.3. The summed E-state index contributed by atoms with van der Waals surface area (Å²) in [6.45, 7) is 8.77. The van der Waals surface area contributed by atoms with Gasteiger partial charge in [0.2, 0.25) is 0 Å². The third-order valence-corrected chi connectivity index (χ3v) is 4.58. The number of carbonyl (C=O) groups excluding carboxylic acids is 2. The Kier molecular flexibility index (Phi) is 8.76. The number of carbonyl (C=O) groups is 2. The summed E-state index contributed by atoms with van der Waals surface area (Å²) >= 11 is 0. The van der Waals surface area contributed by atoms with E-state index < -0.39 is 23.7 Å². The molecule has 0 bridgehead atoms. The number of nitrogens with zero attached hydrogens (tertiary/aromatic N) is 3. The van der Waals surface area contributed by atoms with Crippen LogP contribution in [0.3, 0.4) is 0 Å². The van der Waals surface area contributed by atoms with Crippen LogP contribution in [0, 0.1) is 6.92 Å². The second-order valence-corrected chi connectivity index (χ2v) is 8.43. The average molecular weight is 431 g/mol. The fourth-order valence-corrected chi connectivity index (χ4v) is 3.17. The van der Waals surface area contributed by atoms with Gasteiger partial charge in [-0.25, -0.2) is 9.69 Å². The van der Waals surface area contributed by atoms with Crippen molar-refractivity contribution in [3.05, 3.63) is 53.3 Å². The van der Waals surface area contributed by atoms with E-state index in [1.54, 1.807) is 32.9 Å². The van der Waals surface area contributed by atoms with Crippen molar-refractivity contribution >= 4 is 12.0 Å². The molecule has 2 amide bonds. The molecule has 8 heteroatoms. The second-order valence-electron chi connectivity index (χ2n) is 8.43. The summed E-state index contributed by atoms with van der Waals surface area (Å²) in [5.41, 5.74) is 2.02. The number of aromatic nitrogens is 2. The normalized spacial score (nSPS) is 12.5. The molecule has 0 fully saturated rings. The standard InChI is InChI=1S/C23H34N4O4/c1-17-15-19(26(5)25-17)16-24-13-10-14-27(22(29)31-23(2,3)4)21(28)20(30-6)18-11-8-7-9-12-18/h7-9,11-12,15,20,24H,10,13-14,16H2,1-6H3/t20-/m1/s1. The van der Waals surface area contributed by atoms with Crippen LogP contribution in [0.4, 0.5) is 4.79 Å². The van der Waals surface area contributed by atoms with Gasteiger partial charge in [0.1, 0.15) is 5.60 Å². The van der Waals surface area contributed by atoms with E-state index in [2.05, 4.69) is 10.4 Å². The van der Waals surface area contributed by atoms with Gasteiger partial charge in [0.25, 0.3) is 5.91 Å². The maximum absolute atomic E-state index is 13.2. The average Bonchev–Trinajstić information content (AvgIpc) is 3.01. The van der Waals surface area contributed by atoms with Crippen molar-refractivity contribution in [1.82, 2.24) is 20.0 Å². The van der Waals surface area contributed by atoms with Crippen LogP contribution in [0.25, 0.3) is 0 Å². The van der Waals surface area contributed by atoms with Gasteiger partial charge in [-0.2, -0.15) is 5.10 Å². The third-order valence-electron chi connectivity index (χ3n) is 4.58. The molecule has 1 aromatic carbocycles. The van der Waals surface area contributed by atoms with E-state index >= 15 is 0 Å². The molecule has 0 saturated heterocycles. The largest absolute Gasteiger partial charge is 0.443 e. The number of methoxy groups -OCH3 is 1. The van der Waals surface area contributed by atoms with Crippen LogP contribution < -0.4 is 5.32 Å². The van der Waals surface area contributed by atoms with Crippen LogP contribution in [-0.2, 0) is 27.9 Å². The number of hydrogen-bond acceptors (Lipinski definition) is 6. The highest BCUT2D eigenvalue weighted by Crippen LogP contribution is 2.21. The van der Waals surface area contributed by atoms with E-state index in [1.807, 2.05) is 42.9 Å². The highest BCUT2D eigenvalue weighted by atomic mass is 16.6. The lowest BCUT2D eigenvalue weighted by Gasteiger charge is -2.28. The molecule has 8 nitrogen and oxygen atoms in total. The van der Waals surface area contributed by atoms with Gasteiger partial charge in [0.15, 0.2) is 6.10 Å². The molecular formula is C23H34N4O4. The number of ether oxygens (including phenoxy) is 2. The molecule has 31 heavy (non-hydrogen) atoms. The van der Waals surface area contributed by atoms with Crippen molar-refractivity contribution in [2.45, 2.75) is 52.4 Å². The van der Waals surface area contributed by atoms with Crippen molar-refractivity contribution in [2.75, 3.05) is 20.2 Å². The molecule has 1 N–H and O–H groups in total. The molecule has 1 heterocycles. The van der Waals surface area contributed by atoms with E-state index in [1.165, 1.54) is 7.11 Å². The number of amides is 2. The molecule has 2 aromatic rings. The summed E-state index contributed by atoms with van der Waals surface area (Å²) < 4.78 is 12.7. The number of hydrogen-bond donors (Lipinski definition) is 1. The van der Waals surface area contributed by atoms with Crippen LogP contribution in [0.15, 0.2) is 36.4 Å². The van der Waals surface area contributed by atoms with Gasteiger partial charge in [0, 0.05) is 27.2 Å². The van der Waals surface area contributed by atoms with E-state index in [-0.39, 0.29) is 6.54 Å². The Morgan fingerprint density at radius 1 is 1.23 bits per heavy atom. The van der Waals surface area contributed by atoms with Crippen LogP contribution in [-0.4, -0.2) is 52.5 Å². The van der Waals surface area contributed by atoms with E-state index in [9.17, 15) is 9.59 Å². The number of aryl methyl sites for hydroxylation is 2. The van der Waals surface area contributed by atoms with Crippen LogP contribution in [0.2, 0.25) is 0 Å². The summed E-state index contributed by atoms with van der Waals surface area (Å²) in [6, 6.07) is 11.1. The van der Waals surface area contributed by atoms with E-state index in [0.717, 1.165) is 16.3 Å². The van der Waals surface area contributed by atoms with Crippen molar-refractivity contribution in [3.8, 4) is 0 Å². The summed E-state index contributed by atoms with van der Waals surface area (Å²) in [5, 5.41) is 7.65. The Morgan fingerprint density at radius 2 is 1.90 bits per heavy atom. The molecule has 0 aliphatic rings. The van der Waals surface area contributed by atoms with Gasteiger partial charge >= 0.3 is 6.09 Å². The van der Waals surface area contributed by atoms with Crippen LogP contribution in [0.1, 0.15) is 50.2 Å². The van der Waals surface area contributed by atoms with Gasteiger partial charge in [-0.1, -0.05) is 30.3 Å². The molecule has 0 aliphatic carbocycles. The Labute approximate surface area is 184 Å². The quantitative estimate of drug-likeness (QED) is 0.614. The van der Waals surface area contributed by atoms with E-state index in [0.29, 0.717) is 25.1 Å². The van der Waals surface area contributed by atoms with Crippen molar-refractivity contribution < 1.29 is 19.1 Å². The minimum Gasteiger partial charge on any atom is -0.443 e. The van der Waals surface area contributed by atoms with Crippen molar-refractivity contribution in [2.24, 2.45) is 7.05 Å². The maximum atomic E-state index is 13.2. The number of benzene rings is 1. The molecule has 2 rings (SSSR count). The van der Waals surface area contributed by atoms with Gasteiger partial charge in [-0.15, -0.1) is 0 Å². The topological polar surface area (TPSA) is 85.7 Å². The first-order valence-corrected chi connectivity index (χ1v) is 10.4. The van der Waals surface area contributed by atoms with Crippen LogP contribution in [0.5, 0.6) is 0 Å². The molecule has 1 atom stereocenters. The Morgan fingerprint density at radius 3 is 2.45 bits per heavy atom. The lowest BCUT2D eigenvalue weighted by Crippen LogP contribution is -2.44. The van der Waals surface area contributed by atoms with Gasteiger partial charge in [0.05, 0.1) is 11.4 Å². The molecular weight excluding hydrogens is 396 g/mol. The van der Waals surface area contributed by atoms with Gasteiger partial charge in [-0.05, 0) is 52.3 Å². The fourth-order valence-electron chi connectivity index (χ4n) is 3.17. The predicted molar refractivity (Wildman–Crippen MR) is 118 cm³/mol. The van der Waals surface area contributed by atoms with E-state index in [4.69, 9.17) is 9.47 Å². The minimum absolute atomic E-state index is 0.220. The van der Waals surface area contributed by atoms with Crippen molar-refractivity contribution in [1.29, 1.82) is 0 Å². The fraction of sp³-hybridized carbons (Fsp3) is 0.522. The summed E-state index contributed by atoms with van der Waals surface area (Å²) in [6.07, 6.45) is -0.968. The zero-order chi connectivity index (χ0) is 23.0. The summed E-state index contributed by atoms with van der Waals surface area (Å²) in [4.78, 5) is 27.1. The number of nitrogens with one attached hydrogen (secondary N) is 1. The first-order valence-electron chi connectivity index (χ1n) is 10.4. The Balaban J connectivity index is 2.03. The third kappa shape index (κ3) is 7.48. The van der Waals surface area contributed by atoms with Gasteiger partial charge in [-0.3, -0.25) is 9.48 Å². The maximum Gasteiger partial charge on any atom is 0.417 e. The molecule has 0 saturated carbocycles. The monoisotopic (exact) mass is 430 g/mol. The first kappa shape index (κ1) is 24.6. The number of imide groups is 1. The molecule has 1 aromatic heterocycles.